The SMILES string of the molecule is N#Cc1ccc(C2(CO)CC2)cc1. The molecule has 2 nitrogen and oxygen atoms in total. The van der Waals surface area contributed by atoms with Gasteiger partial charge < -0.3 is 5.11 Å². The number of hydrogen-bond donors (Lipinski definition) is 1. The van der Waals surface area contributed by atoms with Crippen LogP contribution in [-0.4, -0.2) is 11.7 Å². The first kappa shape index (κ1) is 8.28. The van der Waals surface area contributed by atoms with Gasteiger partial charge in [-0.05, 0) is 30.5 Å². The monoisotopic (exact) mass is 173 g/mol. The number of benzene rings is 1. The third-order valence-electron chi connectivity index (χ3n) is 2.78. The molecule has 0 spiro atoms. The Balaban J connectivity index is 2.29. The molecule has 0 radical (unpaired) electrons. The molecule has 13 heavy (non-hydrogen) atoms. The van der Waals surface area contributed by atoms with Crippen LogP contribution in [0.5, 0.6) is 0 Å². The summed E-state index contributed by atoms with van der Waals surface area (Å²) < 4.78 is 0. The van der Waals surface area contributed by atoms with E-state index in [4.69, 9.17) is 5.26 Å². The van der Waals surface area contributed by atoms with Crippen LogP contribution in [0, 0.1) is 11.3 Å². The molecule has 0 heterocycles. The molecule has 0 bridgehead atoms. The highest BCUT2D eigenvalue weighted by Gasteiger charge is 2.43. The molecular formula is C11H11NO. The molecule has 2 rings (SSSR count). The highest BCUT2D eigenvalue weighted by Crippen LogP contribution is 2.47. The Kier molecular flexibility index (Phi) is 1.82. The van der Waals surface area contributed by atoms with Crippen LogP contribution in [-0.2, 0) is 5.41 Å². The fourth-order valence-corrected chi connectivity index (χ4v) is 1.59. The fraction of sp³-hybridized carbons (Fsp3) is 0.364. The molecule has 0 saturated heterocycles. The molecule has 2 heteroatoms. The summed E-state index contributed by atoms with van der Waals surface area (Å²) in [6, 6.07) is 9.60. The van der Waals surface area contributed by atoms with E-state index in [0.717, 1.165) is 18.4 Å². The van der Waals surface area contributed by atoms with Crippen molar-refractivity contribution < 1.29 is 5.11 Å². The minimum Gasteiger partial charge on any atom is -0.395 e. The minimum absolute atomic E-state index is 0.0218. The van der Waals surface area contributed by atoms with Crippen LogP contribution in [0.2, 0.25) is 0 Å². The maximum Gasteiger partial charge on any atom is 0.0991 e. The van der Waals surface area contributed by atoms with Gasteiger partial charge in [0, 0.05) is 5.41 Å². The summed E-state index contributed by atoms with van der Waals surface area (Å²) in [6.45, 7) is 0.221. The number of nitriles is 1. The Labute approximate surface area is 77.4 Å². The molecule has 1 N–H and O–H groups in total. The normalized spacial score (nSPS) is 17.8. The molecule has 1 aliphatic rings. The Hall–Kier alpha value is -1.33. The van der Waals surface area contributed by atoms with Gasteiger partial charge in [-0.25, -0.2) is 0 Å². The smallest absolute Gasteiger partial charge is 0.0991 e. The quantitative estimate of drug-likeness (QED) is 0.738. The molecule has 1 fully saturated rings. The van der Waals surface area contributed by atoms with Crippen molar-refractivity contribution in [2.24, 2.45) is 0 Å². The molecule has 1 aromatic carbocycles. The van der Waals surface area contributed by atoms with Gasteiger partial charge in [-0.15, -0.1) is 0 Å². The van der Waals surface area contributed by atoms with Crippen molar-refractivity contribution in [3.63, 3.8) is 0 Å². The largest absolute Gasteiger partial charge is 0.395 e. The predicted molar refractivity (Wildman–Crippen MR) is 49.2 cm³/mol. The zero-order valence-electron chi connectivity index (χ0n) is 7.33. The minimum atomic E-state index is 0.0218. The highest BCUT2D eigenvalue weighted by atomic mass is 16.3. The van der Waals surface area contributed by atoms with Crippen LogP contribution in [0.4, 0.5) is 0 Å². The van der Waals surface area contributed by atoms with E-state index < -0.39 is 0 Å². The lowest BCUT2D eigenvalue weighted by molar-refractivity contribution is 0.255. The summed E-state index contributed by atoms with van der Waals surface area (Å²) in [5.74, 6) is 0. The first-order valence-electron chi connectivity index (χ1n) is 4.42. The molecule has 1 aliphatic carbocycles. The van der Waals surface area contributed by atoms with Crippen molar-refractivity contribution in [2.75, 3.05) is 6.61 Å². The number of hydrogen-bond acceptors (Lipinski definition) is 2. The second-order valence-corrected chi connectivity index (χ2v) is 3.63. The average Bonchev–Trinajstić information content (AvgIpc) is 2.99. The van der Waals surface area contributed by atoms with Gasteiger partial charge in [0.05, 0.1) is 18.2 Å². The van der Waals surface area contributed by atoms with Crippen molar-refractivity contribution in [2.45, 2.75) is 18.3 Å². The van der Waals surface area contributed by atoms with Crippen molar-refractivity contribution in [1.82, 2.24) is 0 Å². The summed E-state index contributed by atoms with van der Waals surface area (Å²) in [5.41, 5.74) is 1.86. The van der Waals surface area contributed by atoms with Gasteiger partial charge in [-0.1, -0.05) is 12.1 Å². The third kappa shape index (κ3) is 1.32. The maximum atomic E-state index is 9.17. The second kappa shape index (κ2) is 2.86. The van der Waals surface area contributed by atoms with Crippen LogP contribution in [0.15, 0.2) is 24.3 Å². The van der Waals surface area contributed by atoms with Gasteiger partial charge in [0.25, 0.3) is 0 Å². The first-order valence-corrected chi connectivity index (χ1v) is 4.42. The Bertz CT molecular complexity index is 343. The van der Waals surface area contributed by atoms with Crippen LogP contribution in [0.3, 0.4) is 0 Å². The Morgan fingerprint density at radius 1 is 1.31 bits per heavy atom. The Morgan fingerprint density at radius 3 is 2.31 bits per heavy atom. The van der Waals surface area contributed by atoms with Crippen LogP contribution in [0.1, 0.15) is 24.0 Å². The van der Waals surface area contributed by atoms with Gasteiger partial charge in [0.15, 0.2) is 0 Å². The zero-order chi connectivity index (χ0) is 9.31. The number of aliphatic hydroxyl groups is 1. The van der Waals surface area contributed by atoms with Gasteiger partial charge in [0.2, 0.25) is 0 Å². The van der Waals surface area contributed by atoms with E-state index in [-0.39, 0.29) is 12.0 Å². The van der Waals surface area contributed by atoms with Crippen LogP contribution in [0.25, 0.3) is 0 Å². The lowest BCUT2D eigenvalue weighted by Gasteiger charge is -2.11. The van der Waals surface area contributed by atoms with Crippen molar-refractivity contribution in [3.05, 3.63) is 35.4 Å². The van der Waals surface area contributed by atoms with Crippen LogP contribution < -0.4 is 0 Å². The summed E-state index contributed by atoms with van der Waals surface area (Å²) in [4.78, 5) is 0. The number of aliphatic hydroxyl groups excluding tert-OH is 1. The van der Waals surface area contributed by atoms with Crippen molar-refractivity contribution in [1.29, 1.82) is 5.26 Å². The third-order valence-corrected chi connectivity index (χ3v) is 2.78. The standard InChI is InChI=1S/C11H11NO/c12-7-9-1-3-10(4-2-9)11(8-13)5-6-11/h1-4,13H,5-6,8H2. The molecule has 1 aromatic rings. The van der Waals surface area contributed by atoms with E-state index in [1.807, 2.05) is 24.3 Å². The van der Waals surface area contributed by atoms with Crippen molar-refractivity contribution >= 4 is 0 Å². The predicted octanol–water partition coefficient (Wildman–Crippen LogP) is 1.58. The van der Waals surface area contributed by atoms with E-state index >= 15 is 0 Å². The average molecular weight is 173 g/mol. The second-order valence-electron chi connectivity index (χ2n) is 3.63. The van der Waals surface area contributed by atoms with E-state index in [9.17, 15) is 5.11 Å². The van der Waals surface area contributed by atoms with Crippen molar-refractivity contribution in [3.8, 4) is 6.07 Å². The lowest BCUT2D eigenvalue weighted by atomic mass is 9.96. The van der Waals surface area contributed by atoms with Crippen LogP contribution >= 0.6 is 0 Å². The molecule has 0 atom stereocenters. The number of rotatable bonds is 2. The summed E-state index contributed by atoms with van der Waals surface area (Å²) in [6.07, 6.45) is 2.13. The lowest BCUT2D eigenvalue weighted by Crippen LogP contribution is -2.11. The van der Waals surface area contributed by atoms with Gasteiger partial charge in [-0.2, -0.15) is 5.26 Å². The van der Waals surface area contributed by atoms with E-state index in [0.29, 0.717) is 5.56 Å². The topological polar surface area (TPSA) is 44.0 Å². The van der Waals surface area contributed by atoms with Gasteiger partial charge in [-0.3, -0.25) is 0 Å². The molecule has 0 unspecified atom stereocenters. The summed E-state index contributed by atoms with van der Waals surface area (Å²) in [5, 5.41) is 17.8. The maximum absolute atomic E-state index is 9.17. The summed E-state index contributed by atoms with van der Waals surface area (Å²) >= 11 is 0. The zero-order valence-corrected chi connectivity index (χ0v) is 7.33. The van der Waals surface area contributed by atoms with Gasteiger partial charge in [0.1, 0.15) is 0 Å². The molecule has 1 saturated carbocycles. The fourth-order valence-electron chi connectivity index (χ4n) is 1.59. The van der Waals surface area contributed by atoms with E-state index in [1.54, 1.807) is 0 Å². The van der Waals surface area contributed by atoms with Gasteiger partial charge >= 0.3 is 0 Å². The summed E-state index contributed by atoms with van der Waals surface area (Å²) in [7, 11) is 0. The first-order chi connectivity index (χ1) is 6.30. The molecule has 0 amide bonds. The molecule has 66 valence electrons. The molecule has 0 aromatic heterocycles. The highest BCUT2D eigenvalue weighted by molar-refractivity contribution is 5.37. The van der Waals surface area contributed by atoms with E-state index in [2.05, 4.69) is 6.07 Å². The Morgan fingerprint density at radius 2 is 1.92 bits per heavy atom. The molecular weight excluding hydrogens is 162 g/mol. The number of nitrogens with zero attached hydrogens (tertiary/aromatic N) is 1. The molecule has 0 aliphatic heterocycles. The van der Waals surface area contributed by atoms with E-state index in [1.165, 1.54) is 0 Å².